The number of ether oxygens (including phenoxy) is 2. The number of hydroxylamine groups is 2. The fourth-order valence-electron chi connectivity index (χ4n) is 6.17. The zero-order valence-electron chi connectivity index (χ0n) is 23.5. The SMILES string of the molecule is CCCC(c1ccc2c(c1)OCO2)N(OC1=CC=CCC1=C=O)C(=O)N1C(=O)C(CC)(CC)C1N1CCNCC1. The average molecular weight is 551 g/mol. The predicted octanol–water partition coefficient (Wildman–Crippen LogP) is 4.09. The zero-order valence-corrected chi connectivity index (χ0v) is 23.5. The fourth-order valence-corrected chi connectivity index (χ4v) is 6.17. The number of piperazine rings is 1. The number of β-lactam (4-membered cyclic amide) rings is 1. The number of carbonyl (C=O) groups is 2. The maximum atomic E-state index is 14.6. The lowest BCUT2D eigenvalue weighted by Crippen LogP contribution is -2.78. The van der Waals surface area contributed by atoms with Crippen LogP contribution in [0.3, 0.4) is 0 Å². The molecule has 3 aliphatic heterocycles. The third-order valence-corrected chi connectivity index (χ3v) is 8.49. The van der Waals surface area contributed by atoms with E-state index in [4.69, 9.17) is 14.3 Å². The summed E-state index contributed by atoms with van der Waals surface area (Å²) < 4.78 is 11.1. The number of hydrogen-bond acceptors (Lipinski definition) is 8. The molecule has 10 nitrogen and oxygen atoms in total. The highest BCUT2D eigenvalue weighted by Gasteiger charge is 2.64. The van der Waals surface area contributed by atoms with Gasteiger partial charge in [0.15, 0.2) is 17.3 Å². The number of benzene rings is 1. The number of carbonyl (C=O) groups excluding carboxylic acids is 3. The van der Waals surface area contributed by atoms with E-state index < -0.39 is 17.5 Å². The van der Waals surface area contributed by atoms with Crippen molar-refractivity contribution in [2.75, 3.05) is 33.0 Å². The highest BCUT2D eigenvalue weighted by molar-refractivity contribution is 6.03. The largest absolute Gasteiger partial charge is 0.454 e. The Morgan fingerprint density at radius 1 is 1.20 bits per heavy atom. The van der Waals surface area contributed by atoms with Crippen LogP contribution in [-0.4, -0.2) is 71.9 Å². The molecule has 40 heavy (non-hydrogen) atoms. The van der Waals surface area contributed by atoms with Gasteiger partial charge in [0.05, 0.1) is 17.0 Å². The van der Waals surface area contributed by atoms with Crippen molar-refractivity contribution in [2.45, 2.75) is 65.1 Å². The van der Waals surface area contributed by atoms with Crippen LogP contribution in [0, 0.1) is 5.41 Å². The summed E-state index contributed by atoms with van der Waals surface area (Å²) in [5.74, 6) is 3.24. The van der Waals surface area contributed by atoms with Gasteiger partial charge in [-0.2, -0.15) is 0 Å². The van der Waals surface area contributed by atoms with Crippen LogP contribution in [0.25, 0.3) is 0 Å². The Bertz CT molecular complexity index is 1240. The van der Waals surface area contributed by atoms with Crippen LogP contribution in [0.5, 0.6) is 11.5 Å². The molecule has 0 bridgehead atoms. The van der Waals surface area contributed by atoms with E-state index in [-0.39, 0.29) is 24.6 Å². The van der Waals surface area contributed by atoms with Gasteiger partial charge in [-0.15, -0.1) is 5.06 Å². The smallest absolute Gasteiger partial charge is 0.361 e. The summed E-state index contributed by atoms with van der Waals surface area (Å²) in [6.45, 7) is 9.24. The molecule has 4 aliphatic rings. The third kappa shape index (κ3) is 4.80. The molecule has 0 aromatic heterocycles. The summed E-state index contributed by atoms with van der Waals surface area (Å²) in [5, 5.41) is 4.64. The number of fused-ring (bicyclic) bond motifs is 1. The Morgan fingerprint density at radius 2 is 1.95 bits per heavy atom. The van der Waals surface area contributed by atoms with Gasteiger partial charge in [-0.05, 0) is 43.0 Å². The number of rotatable bonds is 9. The maximum Gasteiger partial charge on any atom is 0.361 e. The first-order chi connectivity index (χ1) is 19.5. The first-order valence-corrected chi connectivity index (χ1v) is 14.3. The molecule has 1 aromatic carbocycles. The van der Waals surface area contributed by atoms with Crippen molar-refractivity contribution in [3.8, 4) is 11.5 Å². The Hall–Kier alpha value is -3.59. The van der Waals surface area contributed by atoms with Gasteiger partial charge in [0.25, 0.3) is 0 Å². The van der Waals surface area contributed by atoms with Crippen molar-refractivity contribution in [1.82, 2.24) is 20.2 Å². The van der Waals surface area contributed by atoms with Crippen molar-refractivity contribution in [3.63, 3.8) is 0 Å². The Kier molecular flexibility index (Phi) is 8.30. The average Bonchev–Trinajstić information content (AvgIpc) is 3.47. The molecule has 0 radical (unpaired) electrons. The van der Waals surface area contributed by atoms with Crippen LogP contribution in [0.1, 0.15) is 64.5 Å². The first-order valence-electron chi connectivity index (χ1n) is 14.3. The molecule has 1 aliphatic carbocycles. The summed E-state index contributed by atoms with van der Waals surface area (Å²) >= 11 is 0. The lowest BCUT2D eigenvalue weighted by molar-refractivity contribution is -0.196. The standard InChI is InChI=1S/C30H38N4O6/c1-4-9-23(21-12-13-25-26(18-21)39-20-38-25)34(40-24-11-8-7-10-22(24)19-35)29(37)33-27(32-16-14-31-15-17-32)30(5-2,6-3)28(33)36/h7-8,11-13,18,23,27,31H,4-6,9-10,14-17,20H2,1-3H3. The normalized spacial score (nSPS) is 22.3. The van der Waals surface area contributed by atoms with Gasteiger partial charge >= 0.3 is 6.03 Å². The molecule has 5 rings (SSSR count). The number of hydrogen-bond donors (Lipinski definition) is 1. The van der Waals surface area contributed by atoms with Crippen LogP contribution in [0.4, 0.5) is 4.79 Å². The quantitative estimate of drug-likeness (QED) is 0.279. The monoisotopic (exact) mass is 550 g/mol. The zero-order chi connectivity index (χ0) is 28.3. The molecule has 2 saturated heterocycles. The number of nitrogens with zero attached hydrogens (tertiary/aromatic N) is 3. The molecule has 0 saturated carbocycles. The molecule has 1 aromatic rings. The van der Waals surface area contributed by atoms with E-state index in [9.17, 15) is 14.4 Å². The molecule has 2 atom stereocenters. The lowest BCUT2D eigenvalue weighted by atomic mass is 9.69. The van der Waals surface area contributed by atoms with E-state index in [0.717, 1.165) is 38.2 Å². The van der Waals surface area contributed by atoms with E-state index >= 15 is 0 Å². The number of imide groups is 1. The predicted molar refractivity (Wildman–Crippen MR) is 148 cm³/mol. The Labute approximate surface area is 235 Å². The van der Waals surface area contributed by atoms with Crippen LogP contribution in [0.15, 0.2) is 47.8 Å². The van der Waals surface area contributed by atoms with Crippen LogP contribution in [-0.2, 0) is 14.4 Å². The van der Waals surface area contributed by atoms with Gasteiger partial charge in [0, 0.05) is 32.6 Å². The number of urea groups is 1. The minimum absolute atomic E-state index is 0.133. The maximum absolute atomic E-state index is 14.6. The minimum atomic E-state index is -0.641. The van der Waals surface area contributed by atoms with Gasteiger partial charge in [-0.1, -0.05) is 45.4 Å². The van der Waals surface area contributed by atoms with E-state index in [2.05, 4.69) is 10.2 Å². The van der Waals surface area contributed by atoms with E-state index in [1.807, 2.05) is 51.0 Å². The van der Waals surface area contributed by atoms with Gasteiger partial charge in [0.2, 0.25) is 12.7 Å². The molecular formula is C30H38N4O6. The second-order valence-corrected chi connectivity index (χ2v) is 10.6. The summed E-state index contributed by atoms with van der Waals surface area (Å²) in [4.78, 5) is 50.1. The molecule has 3 heterocycles. The van der Waals surface area contributed by atoms with Crippen LogP contribution in [0.2, 0.25) is 0 Å². The molecule has 10 heteroatoms. The summed E-state index contributed by atoms with van der Waals surface area (Å²) in [5.41, 5.74) is 0.455. The summed E-state index contributed by atoms with van der Waals surface area (Å²) in [6, 6.07) is 4.47. The van der Waals surface area contributed by atoms with Crippen molar-refractivity contribution in [3.05, 3.63) is 53.3 Å². The topological polar surface area (TPSA) is 101 Å². The van der Waals surface area contributed by atoms with Gasteiger partial charge in [-0.25, -0.2) is 14.5 Å². The molecule has 1 N–H and O–H groups in total. The molecule has 3 amide bonds. The van der Waals surface area contributed by atoms with E-state index in [1.165, 1.54) is 9.96 Å². The van der Waals surface area contributed by atoms with Crippen LogP contribution >= 0.6 is 0 Å². The molecular weight excluding hydrogens is 512 g/mol. The van der Waals surface area contributed by atoms with E-state index in [1.54, 1.807) is 12.2 Å². The van der Waals surface area contributed by atoms with Crippen molar-refractivity contribution in [1.29, 1.82) is 0 Å². The second kappa shape index (κ2) is 11.9. The Balaban J connectivity index is 1.56. The second-order valence-electron chi connectivity index (χ2n) is 10.6. The first kappa shape index (κ1) is 28.0. The van der Waals surface area contributed by atoms with Crippen molar-refractivity contribution in [2.24, 2.45) is 5.41 Å². The molecule has 2 unspecified atom stereocenters. The van der Waals surface area contributed by atoms with E-state index in [0.29, 0.717) is 42.8 Å². The molecule has 0 spiro atoms. The number of likely N-dealkylation sites (tertiary alicyclic amines) is 1. The highest BCUT2D eigenvalue weighted by atomic mass is 16.7. The van der Waals surface area contributed by atoms with Crippen molar-refractivity contribution >= 4 is 17.9 Å². The highest BCUT2D eigenvalue weighted by Crippen LogP contribution is 2.48. The molecule has 2 fully saturated rings. The number of amides is 3. The Morgan fingerprint density at radius 3 is 2.65 bits per heavy atom. The fraction of sp³-hybridized carbons (Fsp3) is 0.533. The van der Waals surface area contributed by atoms with Gasteiger partial charge in [0.1, 0.15) is 12.1 Å². The van der Waals surface area contributed by atoms with Gasteiger partial charge in [-0.3, -0.25) is 9.69 Å². The summed E-state index contributed by atoms with van der Waals surface area (Å²) in [6.07, 6.45) is 7.80. The van der Waals surface area contributed by atoms with Crippen molar-refractivity contribution < 1.29 is 28.7 Å². The third-order valence-electron chi connectivity index (χ3n) is 8.49. The minimum Gasteiger partial charge on any atom is -0.454 e. The van der Waals surface area contributed by atoms with Crippen LogP contribution < -0.4 is 14.8 Å². The van der Waals surface area contributed by atoms with Gasteiger partial charge < -0.3 is 19.6 Å². The lowest BCUT2D eigenvalue weighted by Gasteiger charge is -2.59. The number of allylic oxidation sites excluding steroid dienone is 4. The number of nitrogens with one attached hydrogen (secondary N) is 1. The molecule has 214 valence electrons. The summed E-state index contributed by atoms with van der Waals surface area (Å²) in [7, 11) is 0.